The van der Waals surface area contributed by atoms with Gasteiger partial charge in [-0.15, -0.1) is 0 Å². The Balaban J connectivity index is 1.39. The summed E-state index contributed by atoms with van der Waals surface area (Å²) in [7, 11) is 0. The van der Waals surface area contributed by atoms with Gasteiger partial charge in [0.05, 0.1) is 27.9 Å². The summed E-state index contributed by atoms with van der Waals surface area (Å²) in [6.45, 7) is 6.62. The lowest BCUT2D eigenvalue weighted by Gasteiger charge is -2.17. The lowest BCUT2D eigenvalue weighted by Crippen LogP contribution is -2.33. The van der Waals surface area contributed by atoms with E-state index in [2.05, 4.69) is 90.6 Å². The van der Waals surface area contributed by atoms with Gasteiger partial charge in [0, 0.05) is 45.6 Å². The summed E-state index contributed by atoms with van der Waals surface area (Å²) in [6, 6.07) is 8.69. The van der Waals surface area contributed by atoms with E-state index in [1.165, 1.54) is 21.9 Å². The Hall–Kier alpha value is -4.32. The molecule has 6 nitrogen and oxygen atoms in total. The van der Waals surface area contributed by atoms with Gasteiger partial charge in [0.25, 0.3) is 0 Å². The number of fused-ring (bicyclic) bond motifs is 3. The van der Waals surface area contributed by atoms with E-state index in [0.717, 1.165) is 82.8 Å². The molecular formula is C36H38N6. The van der Waals surface area contributed by atoms with Gasteiger partial charge in [0.2, 0.25) is 0 Å². The van der Waals surface area contributed by atoms with Gasteiger partial charge in [0.15, 0.2) is 0 Å². The summed E-state index contributed by atoms with van der Waals surface area (Å²) in [4.78, 5) is 9.76. The lowest BCUT2D eigenvalue weighted by atomic mass is 9.90. The molecule has 3 aliphatic rings. The maximum Gasteiger partial charge on any atom is 0.0929 e. The largest absolute Gasteiger partial charge is 0.268 e. The summed E-state index contributed by atoms with van der Waals surface area (Å²) in [5, 5.41) is 24.5. The number of rotatable bonds is 2. The molecule has 0 fully saturated rings. The molecular weight excluding hydrogens is 516 g/mol. The van der Waals surface area contributed by atoms with E-state index < -0.39 is 0 Å². The molecule has 6 rings (SSSR count). The summed E-state index contributed by atoms with van der Waals surface area (Å²) < 4.78 is 0. The van der Waals surface area contributed by atoms with Crippen LogP contribution in [-0.4, -0.2) is 31.6 Å². The zero-order valence-corrected chi connectivity index (χ0v) is 24.8. The summed E-state index contributed by atoms with van der Waals surface area (Å²) in [6.07, 6.45) is 25.4. The van der Waals surface area contributed by atoms with Gasteiger partial charge in [-0.1, -0.05) is 36.0 Å². The Labute approximate surface area is 246 Å². The van der Waals surface area contributed by atoms with Gasteiger partial charge in [-0.3, -0.25) is 9.98 Å². The molecule has 3 aromatic rings. The Kier molecular flexibility index (Phi) is 8.40. The van der Waals surface area contributed by atoms with Crippen molar-refractivity contribution in [1.82, 2.24) is 25.4 Å². The van der Waals surface area contributed by atoms with Crippen LogP contribution in [0.1, 0.15) is 88.9 Å². The minimum Gasteiger partial charge on any atom is -0.268 e. The van der Waals surface area contributed by atoms with E-state index in [-0.39, 0.29) is 11.8 Å². The standard InChI is InChI=1S/C36H38N6/c1-24-10-8-9-18-37-23-30-15-16-32(39-35(24)30)28-12-6-7-14-33-31(25(2)20-28)22-34(41-40-33)29-13-5-4-11-27-17-19-38-42-36(27)26(3)21-29/h4-7,11,14-19,22-23,28-29H,8-10,12-13,20-21H2,1-3H3/b5-4-,7-6-,27-11-,30-23-,31-25-,33-14+,35-24+,36-26+,37-18-. The van der Waals surface area contributed by atoms with E-state index in [4.69, 9.17) is 15.2 Å². The first-order valence-electron chi connectivity index (χ1n) is 15.1. The van der Waals surface area contributed by atoms with Crippen LogP contribution in [0.2, 0.25) is 0 Å². The lowest BCUT2D eigenvalue weighted by molar-refractivity contribution is 0.668. The van der Waals surface area contributed by atoms with Crippen LogP contribution in [0, 0.1) is 0 Å². The van der Waals surface area contributed by atoms with Crippen molar-refractivity contribution in [2.75, 3.05) is 0 Å². The first-order chi connectivity index (χ1) is 20.6. The molecule has 0 N–H and O–H groups in total. The smallest absolute Gasteiger partial charge is 0.0929 e. The van der Waals surface area contributed by atoms with E-state index in [9.17, 15) is 0 Å². The normalized spacial score (nSPS) is 29.3. The van der Waals surface area contributed by atoms with Crippen LogP contribution in [0.5, 0.6) is 0 Å². The number of aliphatic imine (C=N–C) groups is 1. The number of hydrogen-bond acceptors (Lipinski definition) is 6. The highest BCUT2D eigenvalue weighted by molar-refractivity contribution is 5.62. The number of nitrogens with zero attached hydrogens (tertiary/aromatic N) is 6. The predicted octanol–water partition coefficient (Wildman–Crippen LogP) is 2.99. The molecule has 2 aliphatic carbocycles. The molecule has 0 spiro atoms. The number of aromatic nitrogens is 5. The van der Waals surface area contributed by atoms with Crippen molar-refractivity contribution >= 4 is 41.3 Å². The maximum absolute atomic E-state index is 5.25. The minimum absolute atomic E-state index is 0.212. The van der Waals surface area contributed by atoms with Crippen molar-refractivity contribution in [2.45, 2.75) is 77.6 Å². The fraction of sp³-hybridized carbons (Fsp3) is 0.333. The van der Waals surface area contributed by atoms with Crippen molar-refractivity contribution in [3.63, 3.8) is 0 Å². The number of allylic oxidation sites excluding steroid dienone is 4. The van der Waals surface area contributed by atoms with Crippen LogP contribution in [0.3, 0.4) is 0 Å². The number of hydrogen-bond donors (Lipinski definition) is 0. The summed E-state index contributed by atoms with van der Waals surface area (Å²) in [5.41, 5.74) is 6.04. The zero-order chi connectivity index (χ0) is 28.9. The van der Waals surface area contributed by atoms with Gasteiger partial charge in [-0.25, -0.2) is 0 Å². The molecule has 42 heavy (non-hydrogen) atoms. The van der Waals surface area contributed by atoms with Gasteiger partial charge in [-0.2, -0.15) is 20.4 Å². The van der Waals surface area contributed by atoms with Gasteiger partial charge in [0.1, 0.15) is 0 Å². The third-order valence-corrected chi connectivity index (χ3v) is 8.60. The van der Waals surface area contributed by atoms with Crippen LogP contribution in [-0.2, 0) is 0 Å². The number of pyridine rings is 1. The molecule has 212 valence electrons. The second kappa shape index (κ2) is 12.7. The van der Waals surface area contributed by atoms with Gasteiger partial charge >= 0.3 is 0 Å². The molecule has 1 aliphatic heterocycles. The molecule has 2 unspecified atom stereocenters. The second-order valence-electron chi connectivity index (χ2n) is 11.7. The maximum atomic E-state index is 5.25. The van der Waals surface area contributed by atoms with Gasteiger partial charge < -0.3 is 0 Å². The van der Waals surface area contributed by atoms with E-state index in [0.29, 0.717) is 0 Å². The highest BCUT2D eigenvalue weighted by Crippen LogP contribution is 2.27. The average Bonchev–Trinajstić information content (AvgIpc) is 3.20. The third kappa shape index (κ3) is 6.13. The fourth-order valence-electron chi connectivity index (χ4n) is 6.21. The highest BCUT2D eigenvalue weighted by Gasteiger charge is 2.18. The van der Waals surface area contributed by atoms with Crippen molar-refractivity contribution in [3.05, 3.63) is 97.9 Å². The van der Waals surface area contributed by atoms with Gasteiger partial charge in [-0.05, 0) is 107 Å². The SMILES string of the molecule is C\C1=c2/cc(C3C\C=C/C=c4/ccnn/c4=C(\C)C3)nn/c2=C/C=C\CC(c2ccc3/c(n2)=C(/C)CCC/C=N\C=3)C1. The zero-order valence-electron chi connectivity index (χ0n) is 24.8. The molecule has 0 saturated carbocycles. The molecule has 6 heteroatoms. The minimum atomic E-state index is 0.212. The quantitative estimate of drug-likeness (QED) is 0.487. The predicted molar refractivity (Wildman–Crippen MR) is 171 cm³/mol. The van der Waals surface area contributed by atoms with E-state index in [1.54, 1.807) is 6.20 Å². The molecule has 2 atom stereocenters. The Morgan fingerprint density at radius 2 is 1.55 bits per heavy atom. The summed E-state index contributed by atoms with van der Waals surface area (Å²) in [5.74, 6) is 0.490. The topological polar surface area (TPSA) is 76.8 Å². The van der Waals surface area contributed by atoms with Crippen LogP contribution in [0.4, 0.5) is 0 Å². The Morgan fingerprint density at radius 1 is 0.738 bits per heavy atom. The fourth-order valence-corrected chi connectivity index (χ4v) is 6.21. The van der Waals surface area contributed by atoms with Crippen molar-refractivity contribution in [3.8, 4) is 0 Å². The molecule has 0 aromatic carbocycles. The molecule has 0 amide bonds. The van der Waals surface area contributed by atoms with Crippen molar-refractivity contribution in [1.29, 1.82) is 0 Å². The van der Waals surface area contributed by atoms with E-state index >= 15 is 0 Å². The van der Waals surface area contributed by atoms with Crippen LogP contribution >= 0.6 is 0 Å². The Morgan fingerprint density at radius 3 is 2.43 bits per heavy atom. The third-order valence-electron chi connectivity index (χ3n) is 8.60. The Bertz CT molecular complexity index is 1970. The molecule has 0 radical (unpaired) electrons. The first-order valence-corrected chi connectivity index (χ1v) is 15.1. The summed E-state index contributed by atoms with van der Waals surface area (Å²) >= 11 is 0. The molecule has 0 bridgehead atoms. The average molecular weight is 555 g/mol. The van der Waals surface area contributed by atoms with Crippen LogP contribution in [0.15, 0.2) is 59.8 Å². The molecule has 3 aromatic heterocycles. The molecule has 0 saturated heterocycles. The van der Waals surface area contributed by atoms with Crippen molar-refractivity contribution in [2.24, 2.45) is 4.99 Å². The second-order valence-corrected chi connectivity index (χ2v) is 11.7. The monoisotopic (exact) mass is 554 g/mol. The van der Waals surface area contributed by atoms with Crippen molar-refractivity contribution < 1.29 is 0 Å². The van der Waals surface area contributed by atoms with E-state index in [1.807, 2.05) is 18.5 Å². The first kappa shape index (κ1) is 27.8. The van der Waals surface area contributed by atoms with Crippen LogP contribution in [0.25, 0.3) is 35.1 Å². The highest BCUT2D eigenvalue weighted by atomic mass is 15.1. The van der Waals surface area contributed by atoms with Crippen LogP contribution < -0.4 is 31.7 Å². The molecule has 4 heterocycles.